The minimum atomic E-state index is -4.07. The summed E-state index contributed by atoms with van der Waals surface area (Å²) in [6.07, 6.45) is 0. The van der Waals surface area contributed by atoms with Gasteiger partial charge in [0.2, 0.25) is 0 Å². The van der Waals surface area contributed by atoms with Crippen LogP contribution in [0.4, 0.5) is 5.69 Å². The molecule has 0 bridgehead atoms. The van der Waals surface area contributed by atoms with E-state index in [1.54, 1.807) is 0 Å². The highest BCUT2D eigenvalue weighted by molar-refractivity contribution is 7.89. The Labute approximate surface area is 183 Å². The average molecular weight is 448 g/mol. The highest BCUT2D eigenvalue weighted by Gasteiger charge is 2.27. The molecule has 0 saturated carbocycles. The number of hydrogen-bond acceptors (Lipinski definition) is 5. The lowest BCUT2D eigenvalue weighted by Gasteiger charge is -2.23. The highest BCUT2D eigenvalue weighted by Crippen LogP contribution is 2.34. The van der Waals surface area contributed by atoms with Gasteiger partial charge in [0.1, 0.15) is 0 Å². The summed E-state index contributed by atoms with van der Waals surface area (Å²) in [6, 6.07) is 8.71. The van der Waals surface area contributed by atoms with Crippen LogP contribution in [0.3, 0.4) is 0 Å². The zero-order chi connectivity index (χ0) is 23.5. The number of non-ortho nitro benzene ring substituents is 1. The summed E-state index contributed by atoms with van der Waals surface area (Å²) in [7, 11) is -4.07. The number of nitro groups is 1. The Hall–Kier alpha value is -2.78. The van der Waals surface area contributed by atoms with Gasteiger partial charge in [0.25, 0.3) is 21.6 Å². The molecule has 0 aromatic heterocycles. The van der Waals surface area contributed by atoms with Crippen molar-refractivity contribution in [1.82, 2.24) is 10.3 Å². The van der Waals surface area contributed by atoms with Gasteiger partial charge in [-0.1, -0.05) is 53.7 Å². The van der Waals surface area contributed by atoms with E-state index in [1.807, 2.05) is 39.8 Å². The van der Waals surface area contributed by atoms with Crippen LogP contribution in [0.5, 0.6) is 0 Å². The van der Waals surface area contributed by atoms with Crippen LogP contribution in [0, 0.1) is 10.1 Å². The number of nitro benzene ring substituents is 1. The minimum Gasteiger partial charge on any atom is -0.273 e. The van der Waals surface area contributed by atoms with Crippen molar-refractivity contribution in [2.24, 2.45) is 0 Å². The molecule has 0 fully saturated rings. The maximum absolute atomic E-state index is 13.2. The molecule has 0 aliphatic carbocycles. The van der Waals surface area contributed by atoms with Gasteiger partial charge in [-0.2, -0.15) is 0 Å². The molecule has 2 rings (SSSR count). The number of rotatable bonds is 8. The normalized spacial score (nSPS) is 11.9. The van der Waals surface area contributed by atoms with Crippen molar-refractivity contribution in [2.45, 2.75) is 64.2 Å². The molecule has 168 valence electrons. The van der Waals surface area contributed by atoms with Gasteiger partial charge in [0, 0.05) is 17.7 Å². The number of benzene rings is 2. The van der Waals surface area contributed by atoms with Gasteiger partial charge >= 0.3 is 0 Å². The van der Waals surface area contributed by atoms with E-state index in [2.05, 4.69) is 24.1 Å². The topological polar surface area (TPSA) is 118 Å². The second kappa shape index (κ2) is 9.57. The fraction of sp³-hybridized carbons (Fsp3) is 0.409. The molecule has 0 heterocycles. The largest absolute Gasteiger partial charge is 0.273 e. The van der Waals surface area contributed by atoms with Gasteiger partial charge in [-0.25, -0.2) is 8.42 Å². The van der Waals surface area contributed by atoms with Crippen LogP contribution in [0.15, 0.2) is 41.3 Å². The van der Waals surface area contributed by atoms with E-state index in [-0.39, 0.29) is 33.9 Å². The van der Waals surface area contributed by atoms with Gasteiger partial charge in [-0.15, -0.1) is 4.83 Å². The van der Waals surface area contributed by atoms with E-state index in [4.69, 9.17) is 0 Å². The number of amides is 1. The molecule has 0 aliphatic heterocycles. The number of nitrogens with zero attached hydrogens (tertiary/aromatic N) is 1. The highest BCUT2D eigenvalue weighted by atomic mass is 32.2. The van der Waals surface area contributed by atoms with E-state index >= 15 is 0 Å². The summed E-state index contributed by atoms with van der Waals surface area (Å²) in [6.45, 7) is 11.8. The number of carbonyl (C=O) groups is 1. The lowest BCUT2D eigenvalue weighted by molar-refractivity contribution is -0.384. The van der Waals surface area contributed by atoms with E-state index in [0.717, 1.165) is 5.56 Å². The zero-order valence-corrected chi connectivity index (χ0v) is 19.4. The van der Waals surface area contributed by atoms with E-state index < -0.39 is 20.9 Å². The SMILES string of the molecule is CC(C)c1cc(C(C)C)c(S(=O)(=O)NNC(=O)c2ccc([N+](=O)[O-])cc2)c(C(C)C)c1. The first-order valence-corrected chi connectivity index (χ1v) is 11.6. The lowest BCUT2D eigenvalue weighted by atomic mass is 9.89. The average Bonchev–Trinajstić information content (AvgIpc) is 2.70. The summed E-state index contributed by atoms with van der Waals surface area (Å²) in [5, 5.41) is 10.7. The van der Waals surface area contributed by atoms with Crippen molar-refractivity contribution in [3.63, 3.8) is 0 Å². The maximum Gasteiger partial charge on any atom is 0.269 e. The Kier molecular flexibility index (Phi) is 7.56. The Morgan fingerprint density at radius 2 is 1.39 bits per heavy atom. The van der Waals surface area contributed by atoms with Crippen molar-refractivity contribution in [3.8, 4) is 0 Å². The number of hydrazine groups is 1. The maximum atomic E-state index is 13.2. The van der Waals surface area contributed by atoms with Crippen molar-refractivity contribution in [2.75, 3.05) is 0 Å². The van der Waals surface area contributed by atoms with Crippen molar-refractivity contribution in [3.05, 3.63) is 68.8 Å². The fourth-order valence-electron chi connectivity index (χ4n) is 3.17. The summed E-state index contributed by atoms with van der Waals surface area (Å²) < 4.78 is 26.5. The third-order valence-corrected chi connectivity index (χ3v) is 6.37. The van der Waals surface area contributed by atoms with Crippen molar-refractivity contribution >= 4 is 21.6 Å². The molecular formula is C22H29N3O5S. The molecule has 0 saturated heterocycles. The number of hydrogen-bond donors (Lipinski definition) is 2. The Balaban J connectivity index is 2.40. The Morgan fingerprint density at radius 3 is 1.77 bits per heavy atom. The van der Waals surface area contributed by atoms with Crippen LogP contribution < -0.4 is 10.3 Å². The first-order valence-electron chi connectivity index (χ1n) is 10.1. The smallest absolute Gasteiger partial charge is 0.269 e. The Bertz CT molecular complexity index is 1050. The summed E-state index contributed by atoms with van der Waals surface area (Å²) >= 11 is 0. The number of carbonyl (C=O) groups excluding carboxylic acids is 1. The second-order valence-electron chi connectivity index (χ2n) is 8.36. The molecule has 0 atom stereocenters. The minimum absolute atomic E-state index is 0.0480. The second-order valence-corrected chi connectivity index (χ2v) is 9.98. The van der Waals surface area contributed by atoms with Gasteiger partial charge in [-0.3, -0.25) is 20.3 Å². The molecule has 2 aromatic rings. The predicted molar refractivity (Wildman–Crippen MR) is 120 cm³/mol. The summed E-state index contributed by atoms with van der Waals surface area (Å²) in [5.41, 5.74) is 4.57. The van der Waals surface area contributed by atoms with Gasteiger partial charge in [0.05, 0.1) is 9.82 Å². The number of nitrogens with one attached hydrogen (secondary N) is 2. The molecule has 0 unspecified atom stereocenters. The Morgan fingerprint density at radius 1 is 0.903 bits per heavy atom. The van der Waals surface area contributed by atoms with E-state index in [9.17, 15) is 23.3 Å². The van der Waals surface area contributed by atoms with Crippen LogP contribution in [0.2, 0.25) is 0 Å². The molecular weight excluding hydrogens is 418 g/mol. The van der Waals surface area contributed by atoms with Crippen LogP contribution in [0.1, 0.15) is 86.3 Å². The number of sulfonamides is 1. The van der Waals surface area contributed by atoms with Crippen LogP contribution in [0.25, 0.3) is 0 Å². The first-order chi connectivity index (χ1) is 14.3. The van der Waals surface area contributed by atoms with Crippen LogP contribution in [-0.4, -0.2) is 19.2 Å². The molecule has 0 spiro atoms. The van der Waals surface area contributed by atoms with Crippen molar-refractivity contribution < 1.29 is 18.1 Å². The molecule has 2 aromatic carbocycles. The van der Waals surface area contributed by atoms with Gasteiger partial charge in [0.15, 0.2) is 0 Å². The van der Waals surface area contributed by atoms with Gasteiger partial charge in [-0.05, 0) is 46.6 Å². The standard InChI is InChI=1S/C22H29N3O5S/c1-13(2)17-11-19(14(3)4)21(20(12-17)15(5)6)31(29,30)24-23-22(26)16-7-9-18(10-8-16)25(27)28/h7-15,24H,1-6H3,(H,23,26). The lowest BCUT2D eigenvalue weighted by Crippen LogP contribution is -2.42. The van der Waals surface area contributed by atoms with E-state index in [0.29, 0.717) is 11.1 Å². The van der Waals surface area contributed by atoms with Gasteiger partial charge < -0.3 is 0 Å². The first kappa shape index (κ1) is 24.5. The molecule has 0 radical (unpaired) electrons. The van der Waals surface area contributed by atoms with Crippen molar-refractivity contribution in [1.29, 1.82) is 0 Å². The zero-order valence-electron chi connectivity index (χ0n) is 18.6. The van der Waals surface area contributed by atoms with Crippen LogP contribution >= 0.6 is 0 Å². The monoisotopic (exact) mass is 447 g/mol. The molecule has 31 heavy (non-hydrogen) atoms. The molecule has 8 nitrogen and oxygen atoms in total. The molecule has 1 amide bonds. The molecule has 2 N–H and O–H groups in total. The van der Waals surface area contributed by atoms with E-state index in [1.165, 1.54) is 24.3 Å². The summed E-state index contributed by atoms with van der Waals surface area (Å²) in [4.78, 5) is 24.9. The third-order valence-electron chi connectivity index (χ3n) is 4.99. The molecule has 0 aliphatic rings. The summed E-state index contributed by atoms with van der Waals surface area (Å²) in [5.74, 6) is -0.572. The third kappa shape index (κ3) is 5.68. The fourth-order valence-corrected chi connectivity index (χ4v) is 4.71. The predicted octanol–water partition coefficient (Wildman–Crippen LogP) is 4.59. The quantitative estimate of drug-likeness (QED) is 0.453. The van der Waals surface area contributed by atoms with Crippen LogP contribution in [-0.2, 0) is 10.0 Å². The molecule has 9 heteroatoms.